The van der Waals surface area contributed by atoms with Crippen LogP contribution in [0.1, 0.15) is 12.5 Å². The molecule has 15 heavy (non-hydrogen) atoms. The molecule has 0 aliphatic heterocycles. The third-order valence-corrected chi connectivity index (χ3v) is 3.43. The highest BCUT2D eigenvalue weighted by Crippen LogP contribution is 2.15. The fourth-order valence-electron chi connectivity index (χ4n) is 1.16. The molecule has 1 aromatic rings. The van der Waals surface area contributed by atoms with Gasteiger partial charge in [-0.3, -0.25) is 0 Å². The summed E-state index contributed by atoms with van der Waals surface area (Å²) in [6.07, 6.45) is 0. The second kappa shape index (κ2) is 4.69. The Bertz CT molecular complexity index is 445. The summed E-state index contributed by atoms with van der Waals surface area (Å²) in [5.74, 6) is -0.779. The summed E-state index contributed by atoms with van der Waals surface area (Å²) < 4.78 is 38.5. The molecule has 0 bridgehead atoms. The highest BCUT2D eigenvalue weighted by Gasteiger charge is 2.17. The van der Waals surface area contributed by atoms with E-state index in [1.165, 1.54) is 12.1 Å². The number of hydrogen-bond donors (Lipinski definition) is 2. The summed E-state index contributed by atoms with van der Waals surface area (Å²) in [4.78, 5) is -0.346. The van der Waals surface area contributed by atoms with E-state index in [2.05, 4.69) is 4.72 Å². The molecular weight excluding hydrogens is 219 g/mol. The van der Waals surface area contributed by atoms with Crippen LogP contribution in [-0.4, -0.2) is 15.0 Å². The van der Waals surface area contributed by atoms with Crippen LogP contribution in [0.15, 0.2) is 23.1 Å². The second-order valence-corrected chi connectivity index (χ2v) is 4.71. The first kappa shape index (κ1) is 12.1. The average Bonchev–Trinajstić information content (AvgIpc) is 2.17. The van der Waals surface area contributed by atoms with E-state index in [-0.39, 0.29) is 18.0 Å². The number of nitrogens with two attached hydrogens (primary N) is 1. The number of hydrogen-bond acceptors (Lipinski definition) is 3. The number of nitrogens with one attached hydrogen (secondary N) is 1. The molecule has 0 aliphatic carbocycles. The van der Waals surface area contributed by atoms with Gasteiger partial charge in [-0.15, -0.1) is 0 Å². The van der Waals surface area contributed by atoms with E-state index in [0.29, 0.717) is 5.56 Å². The van der Waals surface area contributed by atoms with Gasteiger partial charge in [0.2, 0.25) is 10.0 Å². The molecule has 84 valence electrons. The highest BCUT2D eigenvalue weighted by molar-refractivity contribution is 7.89. The van der Waals surface area contributed by atoms with Crippen molar-refractivity contribution in [1.29, 1.82) is 0 Å². The molecule has 0 atom stereocenters. The summed E-state index contributed by atoms with van der Waals surface area (Å²) in [6.45, 7) is 2.03. The van der Waals surface area contributed by atoms with E-state index in [9.17, 15) is 12.8 Å². The lowest BCUT2D eigenvalue weighted by Gasteiger charge is -2.06. The van der Waals surface area contributed by atoms with Gasteiger partial charge < -0.3 is 5.73 Å². The highest BCUT2D eigenvalue weighted by atomic mass is 32.2. The average molecular weight is 232 g/mol. The quantitative estimate of drug-likeness (QED) is 0.797. The van der Waals surface area contributed by atoms with Crippen LogP contribution < -0.4 is 10.5 Å². The predicted molar refractivity (Wildman–Crippen MR) is 55.2 cm³/mol. The summed E-state index contributed by atoms with van der Waals surface area (Å²) in [5, 5.41) is 0. The zero-order chi connectivity index (χ0) is 11.5. The molecule has 3 N–H and O–H groups in total. The molecule has 0 radical (unpaired) electrons. The predicted octanol–water partition coefficient (Wildman–Crippen LogP) is 0.583. The summed E-state index contributed by atoms with van der Waals surface area (Å²) in [7, 11) is -3.73. The topological polar surface area (TPSA) is 72.2 Å². The Morgan fingerprint density at radius 3 is 2.60 bits per heavy atom. The molecule has 0 saturated heterocycles. The number of rotatable bonds is 4. The lowest BCUT2D eigenvalue weighted by molar-refractivity contribution is 0.557. The van der Waals surface area contributed by atoms with Gasteiger partial charge in [-0.25, -0.2) is 17.5 Å². The molecule has 0 aliphatic rings. The molecule has 4 nitrogen and oxygen atoms in total. The molecule has 0 spiro atoms. The fourth-order valence-corrected chi connectivity index (χ4v) is 2.26. The summed E-state index contributed by atoms with van der Waals surface area (Å²) >= 11 is 0. The SMILES string of the molecule is CCNS(=O)(=O)c1ccc(CN)cc1F. The smallest absolute Gasteiger partial charge is 0.243 e. The van der Waals surface area contributed by atoms with Gasteiger partial charge in [-0.2, -0.15) is 0 Å². The van der Waals surface area contributed by atoms with E-state index in [1.54, 1.807) is 6.92 Å². The van der Waals surface area contributed by atoms with E-state index in [4.69, 9.17) is 5.73 Å². The van der Waals surface area contributed by atoms with Gasteiger partial charge in [0.25, 0.3) is 0 Å². The lowest BCUT2D eigenvalue weighted by atomic mass is 10.2. The standard InChI is InChI=1S/C9H13FN2O2S/c1-2-12-15(13,14)9-4-3-7(6-11)5-8(9)10/h3-5,12H,2,6,11H2,1H3. The molecule has 0 fully saturated rings. The fraction of sp³-hybridized carbons (Fsp3) is 0.333. The van der Waals surface area contributed by atoms with Gasteiger partial charge in [0.15, 0.2) is 0 Å². The largest absolute Gasteiger partial charge is 0.326 e. The molecule has 0 unspecified atom stereocenters. The van der Waals surface area contributed by atoms with Crippen molar-refractivity contribution in [1.82, 2.24) is 4.72 Å². The second-order valence-electron chi connectivity index (χ2n) is 2.97. The monoisotopic (exact) mass is 232 g/mol. The van der Waals surface area contributed by atoms with Crippen LogP contribution in [0.25, 0.3) is 0 Å². The Kier molecular flexibility index (Phi) is 3.78. The maximum atomic E-state index is 13.4. The number of halogens is 1. The Morgan fingerprint density at radius 2 is 2.13 bits per heavy atom. The van der Waals surface area contributed by atoms with E-state index < -0.39 is 15.8 Å². The van der Waals surface area contributed by atoms with E-state index >= 15 is 0 Å². The van der Waals surface area contributed by atoms with Crippen molar-refractivity contribution >= 4 is 10.0 Å². The van der Waals surface area contributed by atoms with Crippen LogP contribution in [0.3, 0.4) is 0 Å². The van der Waals surface area contributed by atoms with Gasteiger partial charge in [-0.05, 0) is 17.7 Å². The van der Waals surface area contributed by atoms with Crippen LogP contribution in [-0.2, 0) is 16.6 Å². The van der Waals surface area contributed by atoms with Gasteiger partial charge in [0, 0.05) is 13.1 Å². The summed E-state index contributed by atoms with van der Waals surface area (Å²) in [5.41, 5.74) is 5.86. The van der Waals surface area contributed by atoms with E-state index in [1.807, 2.05) is 0 Å². The van der Waals surface area contributed by atoms with Gasteiger partial charge >= 0.3 is 0 Å². The molecule has 0 saturated carbocycles. The van der Waals surface area contributed by atoms with Crippen molar-refractivity contribution in [3.05, 3.63) is 29.6 Å². The number of sulfonamides is 1. The van der Waals surface area contributed by atoms with Crippen LogP contribution in [0.4, 0.5) is 4.39 Å². The van der Waals surface area contributed by atoms with Crippen LogP contribution in [0, 0.1) is 5.82 Å². The van der Waals surface area contributed by atoms with Gasteiger partial charge in [0.05, 0.1) is 0 Å². The van der Waals surface area contributed by atoms with Crippen molar-refractivity contribution in [2.24, 2.45) is 5.73 Å². The minimum Gasteiger partial charge on any atom is -0.326 e. The Morgan fingerprint density at radius 1 is 1.47 bits per heavy atom. The first-order chi connectivity index (χ1) is 7.01. The normalized spacial score (nSPS) is 11.7. The molecule has 1 aromatic carbocycles. The van der Waals surface area contributed by atoms with Crippen molar-refractivity contribution in [2.45, 2.75) is 18.4 Å². The molecule has 0 heterocycles. The Labute approximate surface area is 88.3 Å². The van der Waals surface area contributed by atoms with Crippen LogP contribution in [0.5, 0.6) is 0 Å². The number of benzene rings is 1. The maximum absolute atomic E-state index is 13.4. The molecule has 1 rings (SSSR count). The molecule has 6 heteroatoms. The lowest BCUT2D eigenvalue weighted by Crippen LogP contribution is -2.24. The Hall–Kier alpha value is -0.980. The maximum Gasteiger partial charge on any atom is 0.243 e. The first-order valence-corrected chi connectivity index (χ1v) is 5.97. The van der Waals surface area contributed by atoms with Crippen molar-refractivity contribution in [2.75, 3.05) is 6.54 Å². The van der Waals surface area contributed by atoms with Crippen molar-refractivity contribution in [3.8, 4) is 0 Å². The third kappa shape index (κ3) is 2.74. The summed E-state index contributed by atoms with van der Waals surface area (Å²) in [6, 6.07) is 3.84. The zero-order valence-corrected chi connectivity index (χ0v) is 9.14. The van der Waals surface area contributed by atoms with Gasteiger partial charge in [0.1, 0.15) is 10.7 Å². The van der Waals surface area contributed by atoms with Gasteiger partial charge in [-0.1, -0.05) is 13.0 Å². The molecule has 0 amide bonds. The van der Waals surface area contributed by atoms with Crippen LogP contribution in [0.2, 0.25) is 0 Å². The molecule has 0 aromatic heterocycles. The molecular formula is C9H13FN2O2S. The zero-order valence-electron chi connectivity index (χ0n) is 8.33. The van der Waals surface area contributed by atoms with Crippen LogP contribution >= 0.6 is 0 Å². The first-order valence-electron chi connectivity index (χ1n) is 4.49. The van der Waals surface area contributed by atoms with Crippen molar-refractivity contribution in [3.63, 3.8) is 0 Å². The minimum atomic E-state index is -3.73. The van der Waals surface area contributed by atoms with Crippen molar-refractivity contribution < 1.29 is 12.8 Å². The Balaban J connectivity index is 3.16. The third-order valence-electron chi connectivity index (χ3n) is 1.86. The minimum absolute atomic E-state index is 0.179. The van der Waals surface area contributed by atoms with E-state index in [0.717, 1.165) is 6.07 Å².